The lowest BCUT2D eigenvalue weighted by Crippen LogP contribution is -2.35. The van der Waals surface area contributed by atoms with Crippen molar-refractivity contribution in [1.29, 1.82) is 0 Å². The number of phenolic OH excluding ortho intramolecular Hbond substituents is 2. The van der Waals surface area contributed by atoms with Crippen molar-refractivity contribution in [3.8, 4) is 17.2 Å². The number of halogens is 1. The van der Waals surface area contributed by atoms with Crippen molar-refractivity contribution < 1.29 is 27.6 Å². The molecule has 0 amide bonds. The van der Waals surface area contributed by atoms with Gasteiger partial charge in [0.1, 0.15) is 22.9 Å². The number of aromatic nitrogens is 1. The molecule has 2 aliphatic heterocycles. The summed E-state index contributed by atoms with van der Waals surface area (Å²) in [7, 11) is -4.03. The van der Waals surface area contributed by atoms with E-state index in [1.807, 2.05) is 0 Å². The lowest BCUT2D eigenvalue weighted by Gasteiger charge is -2.24. The van der Waals surface area contributed by atoms with E-state index in [4.69, 9.17) is 8.92 Å². The molecule has 3 atom stereocenters. The van der Waals surface area contributed by atoms with Gasteiger partial charge in [0.25, 0.3) is 0 Å². The quantitative estimate of drug-likeness (QED) is 0.492. The summed E-state index contributed by atoms with van der Waals surface area (Å²) in [5, 5.41) is 18.5. The maximum atomic E-state index is 13.2. The van der Waals surface area contributed by atoms with Crippen molar-refractivity contribution in [3.63, 3.8) is 0 Å². The van der Waals surface area contributed by atoms with Crippen LogP contribution in [0.4, 0.5) is 0 Å². The Morgan fingerprint density at radius 2 is 1.53 bits per heavy atom. The van der Waals surface area contributed by atoms with Crippen LogP contribution in [0, 0.1) is 0 Å². The third-order valence-corrected chi connectivity index (χ3v) is 7.65. The van der Waals surface area contributed by atoms with E-state index in [2.05, 4.69) is 20.9 Å². The van der Waals surface area contributed by atoms with Gasteiger partial charge in [-0.05, 0) is 68.5 Å². The van der Waals surface area contributed by atoms with Crippen molar-refractivity contribution >= 4 is 37.2 Å². The van der Waals surface area contributed by atoms with E-state index in [0.717, 1.165) is 22.3 Å². The molecule has 9 heteroatoms. The summed E-state index contributed by atoms with van der Waals surface area (Å²) >= 11 is 3.26. The van der Waals surface area contributed by atoms with Gasteiger partial charge in [0.15, 0.2) is 5.75 Å². The monoisotopic (exact) mass is 515 g/mol. The van der Waals surface area contributed by atoms with Crippen LogP contribution >= 0.6 is 15.9 Å². The standard InChI is InChI=1S/C23H18BrNO6S/c24-15-9-18(12-25-11-15)31-32(28,29)20-10-19-21(13-1-5-16(26)6-2-13)22(23(20)30-19)14-3-7-17(27)8-4-14/h1-9,11-12,19-20,23,26-27H,10H2. The molecule has 5 rings (SSSR count). The van der Waals surface area contributed by atoms with Gasteiger partial charge < -0.3 is 19.1 Å². The minimum atomic E-state index is -4.03. The summed E-state index contributed by atoms with van der Waals surface area (Å²) < 4.78 is 38.5. The molecular formula is C23H18BrNO6S. The molecule has 32 heavy (non-hydrogen) atoms. The van der Waals surface area contributed by atoms with Crippen molar-refractivity contribution in [3.05, 3.63) is 82.6 Å². The normalized spacial score (nSPS) is 22.3. The molecule has 0 saturated carbocycles. The number of phenols is 2. The molecule has 1 fully saturated rings. The Bertz CT molecular complexity index is 1310. The molecule has 1 saturated heterocycles. The van der Waals surface area contributed by atoms with Crippen LogP contribution in [0.1, 0.15) is 17.5 Å². The average molecular weight is 516 g/mol. The number of nitrogens with zero attached hydrogens (tertiary/aromatic N) is 1. The highest BCUT2D eigenvalue weighted by molar-refractivity contribution is 9.10. The first-order valence-electron chi connectivity index (χ1n) is 9.84. The molecule has 0 spiro atoms. The molecule has 2 N–H and O–H groups in total. The van der Waals surface area contributed by atoms with Crippen molar-refractivity contribution in [1.82, 2.24) is 4.98 Å². The van der Waals surface area contributed by atoms with Crippen molar-refractivity contribution in [2.45, 2.75) is 23.9 Å². The number of ether oxygens (including phenoxy) is 1. The predicted octanol–water partition coefficient (Wildman–Crippen LogP) is 4.11. The minimum Gasteiger partial charge on any atom is -0.508 e. The molecule has 164 valence electrons. The van der Waals surface area contributed by atoms with E-state index in [9.17, 15) is 18.6 Å². The first-order chi connectivity index (χ1) is 15.3. The molecule has 2 aromatic carbocycles. The highest BCUT2D eigenvalue weighted by Gasteiger charge is 2.53. The average Bonchev–Trinajstić information content (AvgIpc) is 3.34. The third kappa shape index (κ3) is 3.76. The van der Waals surface area contributed by atoms with E-state index < -0.39 is 27.6 Å². The number of pyridine rings is 1. The second-order valence-corrected chi connectivity index (χ2v) is 10.3. The molecule has 0 radical (unpaired) electrons. The smallest absolute Gasteiger partial charge is 0.315 e. The van der Waals surface area contributed by atoms with Gasteiger partial charge in [0.2, 0.25) is 0 Å². The van der Waals surface area contributed by atoms with Gasteiger partial charge in [0, 0.05) is 17.1 Å². The van der Waals surface area contributed by atoms with E-state index >= 15 is 0 Å². The van der Waals surface area contributed by atoms with Crippen LogP contribution in [0.3, 0.4) is 0 Å². The van der Waals surface area contributed by atoms with Gasteiger partial charge in [-0.1, -0.05) is 24.3 Å². The van der Waals surface area contributed by atoms with Gasteiger partial charge in [0.05, 0.1) is 12.3 Å². The van der Waals surface area contributed by atoms with E-state index in [1.165, 1.54) is 18.5 Å². The summed E-state index contributed by atoms with van der Waals surface area (Å²) in [5.41, 5.74) is 3.20. The predicted molar refractivity (Wildman–Crippen MR) is 122 cm³/mol. The second kappa shape index (κ2) is 7.91. The van der Waals surface area contributed by atoms with E-state index in [1.54, 1.807) is 48.5 Å². The van der Waals surface area contributed by atoms with Crippen LogP contribution < -0.4 is 4.18 Å². The first kappa shape index (κ1) is 21.0. The number of rotatable bonds is 5. The topological polar surface area (TPSA) is 106 Å². The number of fused-ring (bicyclic) bond motifs is 2. The molecule has 3 aromatic rings. The Morgan fingerprint density at radius 1 is 0.938 bits per heavy atom. The molecule has 1 aromatic heterocycles. The van der Waals surface area contributed by atoms with Crippen molar-refractivity contribution in [2.75, 3.05) is 0 Å². The summed E-state index contributed by atoms with van der Waals surface area (Å²) in [6, 6.07) is 14.8. The SMILES string of the molecule is O=S(=O)(Oc1cncc(Br)c1)C1CC2OC1C(c1ccc(O)cc1)=C2c1ccc(O)cc1. The lowest BCUT2D eigenvalue weighted by molar-refractivity contribution is 0.128. The van der Waals surface area contributed by atoms with Gasteiger partial charge in [-0.15, -0.1) is 0 Å². The van der Waals surface area contributed by atoms with Gasteiger partial charge in [-0.3, -0.25) is 4.98 Å². The van der Waals surface area contributed by atoms with Gasteiger partial charge in [-0.2, -0.15) is 8.42 Å². The maximum Gasteiger partial charge on any atom is 0.315 e. The Morgan fingerprint density at radius 3 is 2.12 bits per heavy atom. The fraction of sp³-hybridized carbons (Fsp3) is 0.174. The fourth-order valence-corrected chi connectivity index (χ4v) is 6.01. The van der Waals surface area contributed by atoms with Crippen LogP contribution in [-0.4, -0.2) is 41.1 Å². The molecule has 7 nitrogen and oxygen atoms in total. The minimum absolute atomic E-state index is 0.110. The number of hydrogen-bond acceptors (Lipinski definition) is 7. The zero-order valence-corrected chi connectivity index (χ0v) is 19.0. The first-order valence-corrected chi connectivity index (χ1v) is 12.1. The number of hydrogen-bond donors (Lipinski definition) is 2. The van der Waals surface area contributed by atoms with E-state index in [0.29, 0.717) is 4.47 Å². The largest absolute Gasteiger partial charge is 0.508 e. The lowest BCUT2D eigenvalue weighted by atomic mass is 9.83. The molecule has 3 heterocycles. The van der Waals surface area contributed by atoms with Gasteiger partial charge >= 0.3 is 10.1 Å². The van der Waals surface area contributed by atoms with Gasteiger partial charge in [-0.25, -0.2) is 0 Å². The third-order valence-electron chi connectivity index (χ3n) is 5.61. The molecule has 3 unspecified atom stereocenters. The van der Waals surface area contributed by atoms with Crippen LogP contribution in [0.2, 0.25) is 0 Å². The summed E-state index contributed by atoms with van der Waals surface area (Å²) in [5.74, 6) is 0.372. The van der Waals surface area contributed by atoms with Crippen LogP contribution in [0.15, 0.2) is 71.5 Å². The molecule has 0 aliphatic carbocycles. The molecule has 2 aliphatic rings. The Kier molecular flexibility index (Phi) is 5.19. The highest BCUT2D eigenvalue weighted by atomic mass is 79.9. The Labute approximate surface area is 193 Å². The zero-order valence-electron chi connectivity index (χ0n) is 16.6. The second-order valence-electron chi connectivity index (χ2n) is 7.66. The maximum absolute atomic E-state index is 13.2. The van der Waals surface area contributed by atoms with Crippen LogP contribution in [0.25, 0.3) is 11.1 Å². The van der Waals surface area contributed by atoms with Crippen LogP contribution in [-0.2, 0) is 14.9 Å². The van der Waals surface area contributed by atoms with E-state index in [-0.39, 0.29) is 23.7 Å². The van der Waals surface area contributed by atoms with Crippen molar-refractivity contribution in [2.24, 2.45) is 0 Å². The zero-order chi connectivity index (χ0) is 22.5. The highest BCUT2D eigenvalue weighted by Crippen LogP contribution is 2.51. The molecular weight excluding hydrogens is 498 g/mol. The molecule has 2 bridgehead atoms. The fourth-order valence-electron chi connectivity index (χ4n) is 4.27. The summed E-state index contributed by atoms with van der Waals surface area (Å²) in [6.07, 6.45) is 1.94. The Hall–Kier alpha value is -2.88. The summed E-state index contributed by atoms with van der Waals surface area (Å²) in [4.78, 5) is 3.95. The number of aromatic hydroxyl groups is 2. The summed E-state index contributed by atoms with van der Waals surface area (Å²) in [6.45, 7) is 0. The number of benzene rings is 2. The van der Waals surface area contributed by atoms with Crippen LogP contribution in [0.5, 0.6) is 17.2 Å². The Balaban J connectivity index is 1.56.